The largest absolute Gasteiger partial charge is 0.380 e. The van der Waals surface area contributed by atoms with E-state index in [1.54, 1.807) is 6.07 Å². The summed E-state index contributed by atoms with van der Waals surface area (Å²) in [7, 11) is 1.90. The first kappa shape index (κ1) is 9.27. The van der Waals surface area contributed by atoms with E-state index in [0.717, 1.165) is 10.9 Å². The average Bonchev–Trinajstić information content (AvgIpc) is 2.59. The van der Waals surface area contributed by atoms with Gasteiger partial charge in [0.25, 0.3) is 0 Å². The first-order valence-corrected chi connectivity index (χ1v) is 4.76. The molecule has 14 heavy (non-hydrogen) atoms. The Bertz CT molecular complexity index is 490. The Morgan fingerprint density at radius 2 is 2.21 bits per heavy atom. The van der Waals surface area contributed by atoms with Gasteiger partial charge >= 0.3 is 5.97 Å². The van der Waals surface area contributed by atoms with Gasteiger partial charge < -0.3 is 8.40 Å². The fourth-order valence-corrected chi connectivity index (χ4v) is 1.74. The number of aryl methyl sites for hydroxylation is 1. The highest BCUT2D eigenvalue weighted by Crippen LogP contribution is 2.20. The zero-order valence-corrected chi connectivity index (χ0v) is 9.11. The van der Waals surface area contributed by atoms with Gasteiger partial charge in [-0.2, -0.15) is 0 Å². The van der Waals surface area contributed by atoms with Crippen molar-refractivity contribution in [1.29, 1.82) is 0 Å². The summed E-state index contributed by atoms with van der Waals surface area (Å²) in [4.78, 5) is 11.4. The van der Waals surface area contributed by atoms with Crippen LogP contribution in [0.2, 0.25) is 0 Å². The van der Waals surface area contributed by atoms with Crippen LogP contribution in [0, 0.1) is 0 Å². The van der Waals surface area contributed by atoms with Gasteiger partial charge in [0, 0.05) is 18.6 Å². The molecular weight excluding hydrogens is 246 g/mol. The van der Waals surface area contributed by atoms with Crippen molar-refractivity contribution in [3.8, 4) is 0 Å². The van der Waals surface area contributed by atoms with Crippen LogP contribution in [0.1, 0.15) is 10.4 Å². The number of halogens is 1. The van der Waals surface area contributed by atoms with E-state index in [0.29, 0.717) is 5.56 Å². The van der Waals surface area contributed by atoms with E-state index in [1.807, 2.05) is 36.0 Å². The molecule has 0 aliphatic rings. The number of nitrogens with zero attached hydrogens (tertiary/aromatic N) is 1. The molecule has 2 aromatic rings. The number of carbonyl (C=O) groups is 1. The summed E-state index contributed by atoms with van der Waals surface area (Å²) in [5, 5.41) is 1.03. The number of hydrogen-bond acceptors (Lipinski definition) is 2. The first-order chi connectivity index (χ1) is 6.74. The third kappa shape index (κ3) is 1.32. The summed E-state index contributed by atoms with van der Waals surface area (Å²) in [6, 6.07) is 7.49. The number of para-hydroxylation sites is 1. The van der Waals surface area contributed by atoms with E-state index in [-0.39, 0.29) is 5.97 Å². The van der Waals surface area contributed by atoms with Crippen molar-refractivity contribution in [2.24, 2.45) is 7.05 Å². The molecule has 0 N–H and O–H groups in total. The van der Waals surface area contributed by atoms with E-state index in [1.165, 1.54) is 0 Å². The molecule has 4 heteroatoms. The number of carbonyl (C=O) groups excluding carboxylic acids is 1. The van der Waals surface area contributed by atoms with E-state index in [2.05, 4.69) is 20.1 Å². The van der Waals surface area contributed by atoms with Gasteiger partial charge in [0.15, 0.2) is 16.3 Å². The van der Waals surface area contributed by atoms with Crippen molar-refractivity contribution in [1.82, 2.24) is 4.57 Å². The van der Waals surface area contributed by atoms with Gasteiger partial charge in [-0.1, -0.05) is 12.1 Å². The third-order valence-electron chi connectivity index (χ3n) is 2.19. The van der Waals surface area contributed by atoms with Crippen LogP contribution in [0.3, 0.4) is 0 Å². The highest BCUT2D eigenvalue weighted by Gasteiger charge is 2.12. The molecule has 0 bridgehead atoms. The highest BCUT2D eigenvalue weighted by molar-refractivity contribution is 9.06. The maximum Gasteiger partial charge on any atom is 0.351 e. The summed E-state index contributed by atoms with van der Waals surface area (Å²) in [6.45, 7) is 0. The van der Waals surface area contributed by atoms with Crippen molar-refractivity contribution in [3.63, 3.8) is 0 Å². The maximum atomic E-state index is 11.4. The summed E-state index contributed by atoms with van der Waals surface area (Å²) >= 11 is 2.69. The van der Waals surface area contributed by atoms with E-state index in [9.17, 15) is 4.79 Å². The van der Waals surface area contributed by atoms with Gasteiger partial charge in [0.1, 0.15) is 0 Å². The molecule has 0 radical (unpaired) electrons. The van der Waals surface area contributed by atoms with Crippen molar-refractivity contribution < 1.29 is 8.62 Å². The van der Waals surface area contributed by atoms with Crippen LogP contribution < -0.4 is 0 Å². The molecule has 0 amide bonds. The van der Waals surface area contributed by atoms with Gasteiger partial charge in [-0.15, -0.1) is 0 Å². The molecule has 0 fully saturated rings. The third-order valence-corrected chi connectivity index (χ3v) is 2.48. The van der Waals surface area contributed by atoms with E-state index in [4.69, 9.17) is 0 Å². The Morgan fingerprint density at radius 1 is 1.43 bits per heavy atom. The summed E-state index contributed by atoms with van der Waals surface area (Å²) in [6.07, 6.45) is 1.91. The first-order valence-electron chi connectivity index (χ1n) is 4.11. The van der Waals surface area contributed by atoms with Crippen LogP contribution in [0.15, 0.2) is 30.5 Å². The monoisotopic (exact) mass is 253 g/mol. The van der Waals surface area contributed by atoms with Crippen LogP contribution in [-0.2, 0) is 10.9 Å². The van der Waals surface area contributed by atoms with Crippen LogP contribution in [0.4, 0.5) is 0 Å². The second-order valence-corrected chi connectivity index (χ2v) is 3.36. The molecule has 1 heterocycles. The predicted octanol–water partition coefficient (Wildman–Crippen LogP) is 2.65. The molecule has 0 aliphatic heterocycles. The number of aromatic nitrogens is 1. The Labute approximate surface area is 89.7 Å². The van der Waals surface area contributed by atoms with Gasteiger partial charge in [-0.3, -0.25) is 0 Å². The highest BCUT2D eigenvalue weighted by atomic mass is 79.9. The van der Waals surface area contributed by atoms with E-state index >= 15 is 0 Å². The Morgan fingerprint density at radius 3 is 2.93 bits per heavy atom. The standard InChI is InChI=1S/C10H8BrNO2/c1-12-6-5-7-3-2-4-8(9(7)12)10(13)14-11/h2-6H,1H3. The molecule has 0 atom stereocenters. The van der Waals surface area contributed by atoms with Gasteiger partial charge in [-0.05, 0) is 12.1 Å². The lowest BCUT2D eigenvalue weighted by atomic mass is 10.1. The fourth-order valence-electron chi connectivity index (χ4n) is 1.56. The molecule has 2 rings (SSSR count). The molecule has 0 unspecified atom stereocenters. The summed E-state index contributed by atoms with van der Waals surface area (Å²) < 4.78 is 6.43. The van der Waals surface area contributed by atoms with Crippen molar-refractivity contribution in [2.45, 2.75) is 0 Å². The second-order valence-electron chi connectivity index (χ2n) is 3.03. The zero-order chi connectivity index (χ0) is 10.1. The van der Waals surface area contributed by atoms with Gasteiger partial charge in [0.2, 0.25) is 0 Å². The van der Waals surface area contributed by atoms with Crippen LogP contribution in [-0.4, -0.2) is 10.5 Å². The lowest BCUT2D eigenvalue weighted by molar-refractivity contribution is 0.0783. The van der Waals surface area contributed by atoms with Gasteiger partial charge in [0.05, 0.1) is 11.1 Å². The van der Waals surface area contributed by atoms with Crippen molar-refractivity contribution in [3.05, 3.63) is 36.0 Å². The lowest BCUT2D eigenvalue weighted by Gasteiger charge is -2.02. The molecule has 72 valence electrons. The van der Waals surface area contributed by atoms with Crippen LogP contribution in [0.25, 0.3) is 10.9 Å². The minimum Gasteiger partial charge on any atom is -0.380 e. The number of fused-ring (bicyclic) bond motifs is 1. The van der Waals surface area contributed by atoms with Crippen LogP contribution >= 0.6 is 16.3 Å². The maximum absolute atomic E-state index is 11.4. The quantitative estimate of drug-likeness (QED) is 0.783. The molecular formula is C10H8BrNO2. The summed E-state index contributed by atoms with van der Waals surface area (Å²) in [5.41, 5.74) is 1.45. The Balaban J connectivity index is 2.75. The molecule has 3 nitrogen and oxygen atoms in total. The van der Waals surface area contributed by atoms with E-state index < -0.39 is 0 Å². The molecule has 0 aliphatic carbocycles. The molecule has 0 spiro atoms. The smallest absolute Gasteiger partial charge is 0.351 e. The Kier molecular flexibility index (Phi) is 2.29. The topological polar surface area (TPSA) is 31.2 Å². The van der Waals surface area contributed by atoms with Crippen molar-refractivity contribution in [2.75, 3.05) is 0 Å². The lowest BCUT2D eigenvalue weighted by Crippen LogP contribution is -2.01. The number of rotatable bonds is 1. The molecule has 1 aromatic carbocycles. The molecule has 1 aromatic heterocycles. The normalized spacial score (nSPS) is 10.4. The number of benzene rings is 1. The van der Waals surface area contributed by atoms with Gasteiger partial charge in [-0.25, -0.2) is 4.79 Å². The van der Waals surface area contributed by atoms with Crippen molar-refractivity contribution >= 4 is 33.1 Å². The summed E-state index contributed by atoms with van der Waals surface area (Å²) in [5.74, 6) is -0.377. The number of hydrogen-bond donors (Lipinski definition) is 0. The van der Waals surface area contributed by atoms with Crippen LogP contribution in [0.5, 0.6) is 0 Å². The minimum absolute atomic E-state index is 0.377. The fraction of sp³-hybridized carbons (Fsp3) is 0.100. The molecule has 0 saturated carbocycles. The SMILES string of the molecule is Cn1ccc2cccc(C(=O)OBr)c21. The zero-order valence-electron chi connectivity index (χ0n) is 7.53. The minimum atomic E-state index is -0.377. The average molecular weight is 254 g/mol. The predicted molar refractivity (Wildman–Crippen MR) is 57.3 cm³/mol. The molecule has 0 saturated heterocycles. The Hall–Kier alpha value is -1.29. The second kappa shape index (κ2) is 3.46.